The number of H-pyrrole nitrogens is 1. The van der Waals surface area contributed by atoms with E-state index in [2.05, 4.69) is 15.3 Å². The molecule has 0 aromatic carbocycles. The van der Waals surface area contributed by atoms with Crippen molar-refractivity contribution in [1.82, 2.24) is 9.97 Å². The maximum Gasteiger partial charge on any atom is 0.337 e. The van der Waals surface area contributed by atoms with Gasteiger partial charge in [-0.15, -0.1) is 11.3 Å². The molecule has 2 aromatic rings. The number of hydrogen-bond donors (Lipinski definition) is 3. The van der Waals surface area contributed by atoms with Crippen LogP contribution in [0.2, 0.25) is 0 Å². The zero-order valence-electron chi connectivity index (χ0n) is 13.5. The zero-order chi connectivity index (χ0) is 17.4. The Kier molecular flexibility index (Phi) is 4.42. The molecule has 0 spiro atoms. The van der Waals surface area contributed by atoms with E-state index in [0.29, 0.717) is 33.2 Å². The van der Waals surface area contributed by atoms with Crippen LogP contribution >= 0.6 is 23.6 Å². The molecule has 0 saturated heterocycles. The first-order chi connectivity index (χ1) is 11.4. The highest BCUT2D eigenvalue weighted by Gasteiger charge is 2.36. The highest BCUT2D eigenvalue weighted by atomic mass is 32.1. The third-order valence-electron chi connectivity index (χ3n) is 3.68. The van der Waals surface area contributed by atoms with Crippen molar-refractivity contribution < 1.29 is 9.53 Å². The van der Waals surface area contributed by atoms with Crippen LogP contribution in [0.4, 0.5) is 11.6 Å². The number of nitrogens with zero attached hydrogens (tertiary/aromatic N) is 1. The Balaban J connectivity index is 2.21. The number of nitrogen functional groups attached to an aromatic ring is 1. The molecule has 1 unspecified atom stereocenters. The van der Waals surface area contributed by atoms with Gasteiger partial charge in [0.05, 0.1) is 17.6 Å². The Morgan fingerprint density at radius 1 is 1.50 bits per heavy atom. The molecular weight excluding hydrogens is 344 g/mol. The molecule has 0 fully saturated rings. The van der Waals surface area contributed by atoms with E-state index in [1.807, 2.05) is 38.3 Å². The molecule has 1 aliphatic rings. The first kappa shape index (κ1) is 16.7. The summed E-state index contributed by atoms with van der Waals surface area (Å²) in [6, 6.07) is 3.92. The number of nitrogens with two attached hydrogens (primary N) is 1. The fourth-order valence-electron chi connectivity index (χ4n) is 2.78. The Hall–Kier alpha value is -2.19. The van der Waals surface area contributed by atoms with Gasteiger partial charge in [0.2, 0.25) is 0 Å². The number of hydrogen-bond acceptors (Lipinski definition) is 7. The largest absolute Gasteiger partial charge is 0.460 e. The van der Waals surface area contributed by atoms with E-state index >= 15 is 0 Å². The average Bonchev–Trinajstić information content (AvgIpc) is 2.98. The number of thiophene rings is 1. The normalized spacial score (nSPS) is 16.8. The van der Waals surface area contributed by atoms with Crippen LogP contribution in [0.15, 0.2) is 28.8 Å². The van der Waals surface area contributed by atoms with Crippen LogP contribution in [0.25, 0.3) is 0 Å². The molecule has 1 atom stereocenters. The molecule has 0 saturated carbocycles. The van der Waals surface area contributed by atoms with E-state index in [0.717, 1.165) is 4.88 Å². The lowest BCUT2D eigenvalue weighted by Crippen LogP contribution is -2.27. The molecule has 2 aromatic heterocycles. The third kappa shape index (κ3) is 2.94. The quantitative estimate of drug-likeness (QED) is 0.571. The summed E-state index contributed by atoms with van der Waals surface area (Å²) in [6.45, 7) is 5.48. The van der Waals surface area contributed by atoms with Crippen molar-refractivity contribution in [1.29, 1.82) is 0 Å². The van der Waals surface area contributed by atoms with Crippen LogP contribution in [0.5, 0.6) is 0 Å². The van der Waals surface area contributed by atoms with Crippen molar-refractivity contribution in [2.24, 2.45) is 0 Å². The van der Waals surface area contributed by atoms with Crippen LogP contribution in [-0.2, 0) is 9.53 Å². The van der Waals surface area contributed by atoms with Crippen LogP contribution in [0.3, 0.4) is 0 Å². The van der Waals surface area contributed by atoms with E-state index in [-0.39, 0.29) is 18.0 Å². The summed E-state index contributed by atoms with van der Waals surface area (Å²) in [5.41, 5.74) is 8.12. The van der Waals surface area contributed by atoms with Crippen molar-refractivity contribution in [2.45, 2.75) is 32.8 Å². The van der Waals surface area contributed by atoms with E-state index in [9.17, 15) is 4.79 Å². The van der Waals surface area contributed by atoms with E-state index in [4.69, 9.17) is 22.7 Å². The molecule has 126 valence electrons. The minimum absolute atomic E-state index is 0.208. The molecule has 3 heterocycles. The number of aromatic amines is 1. The number of carbonyl (C=O) groups excluding carboxylic acids is 1. The van der Waals surface area contributed by atoms with Gasteiger partial charge in [0.15, 0.2) is 4.77 Å². The number of aromatic nitrogens is 2. The number of nitrogens with one attached hydrogen (secondary N) is 2. The van der Waals surface area contributed by atoms with Gasteiger partial charge in [-0.25, -0.2) is 9.78 Å². The predicted octanol–water partition coefficient (Wildman–Crippen LogP) is 3.57. The van der Waals surface area contributed by atoms with Gasteiger partial charge in [-0.3, -0.25) is 0 Å². The summed E-state index contributed by atoms with van der Waals surface area (Å²) in [7, 11) is 0. The van der Waals surface area contributed by atoms with Gasteiger partial charge in [0.1, 0.15) is 11.6 Å². The van der Waals surface area contributed by atoms with Gasteiger partial charge in [0.25, 0.3) is 0 Å². The smallest absolute Gasteiger partial charge is 0.337 e. The standard InChI is InChI=1S/C16H18N4O2S2/c1-7(2)22-15(21)10-8(3)18-14-12(13(17)19-16(23)20-14)11(10)9-5-4-6-24-9/h4-7,11H,1-3H3,(H4,17,18,19,20,23). The van der Waals surface area contributed by atoms with Crippen LogP contribution in [0, 0.1) is 4.77 Å². The Morgan fingerprint density at radius 3 is 2.88 bits per heavy atom. The maximum absolute atomic E-state index is 12.7. The minimum Gasteiger partial charge on any atom is -0.460 e. The van der Waals surface area contributed by atoms with Gasteiger partial charge in [-0.2, -0.15) is 0 Å². The van der Waals surface area contributed by atoms with E-state index in [1.54, 1.807) is 11.3 Å². The molecule has 1 aliphatic heterocycles. The van der Waals surface area contributed by atoms with Gasteiger partial charge in [0, 0.05) is 16.1 Å². The second-order valence-electron chi connectivity index (χ2n) is 5.78. The predicted molar refractivity (Wildman–Crippen MR) is 97.5 cm³/mol. The highest BCUT2D eigenvalue weighted by molar-refractivity contribution is 7.71. The average molecular weight is 362 g/mol. The molecule has 6 nitrogen and oxygen atoms in total. The topological polar surface area (TPSA) is 93.0 Å². The SMILES string of the molecule is CC1=C(C(=O)OC(C)C)C(c2cccs2)c2c(nc(=S)[nH]c2N)N1. The van der Waals surface area contributed by atoms with E-state index in [1.165, 1.54) is 0 Å². The number of carbonyl (C=O) groups is 1. The lowest BCUT2D eigenvalue weighted by atomic mass is 9.86. The summed E-state index contributed by atoms with van der Waals surface area (Å²) in [5, 5.41) is 5.11. The number of ether oxygens (including phenoxy) is 1. The molecule has 0 radical (unpaired) electrons. The molecule has 24 heavy (non-hydrogen) atoms. The van der Waals surface area contributed by atoms with Crippen molar-refractivity contribution in [3.63, 3.8) is 0 Å². The van der Waals surface area contributed by atoms with Crippen molar-refractivity contribution in [3.05, 3.63) is 44.0 Å². The first-order valence-corrected chi connectivity index (χ1v) is 8.79. The fourth-order valence-corrected chi connectivity index (χ4v) is 3.83. The van der Waals surface area contributed by atoms with Gasteiger partial charge >= 0.3 is 5.97 Å². The number of allylic oxidation sites excluding steroid dienone is 1. The number of rotatable bonds is 3. The molecular formula is C16H18N4O2S2. The summed E-state index contributed by atoms with van der Waals surface area (Å²) in [6.07, 6.45) is -0.208. The van der Waals surface area contributed by atoms with Crippen LogP contribution in [-0.4, -0.2) is 22.0 Å². The van der Waals surface area contributed by atoms with Crippen molar-refractivity contribution in [2.75, 3.05) is 11.1 Å². The number of esters is 1. The Bertz CT molecular complexity index is 869. The molecule has 0 bridgehead atoms. The van der Waals surface area contributed by atoms with Crippen molar-refractivity contribution >= 4 is 41.2 Å². The van der Waals surface area contributed by atoms with Gasteiger partial charge in [-0.1, -0.05) is 6.07 Å². The molecule has 4 N–H and O–H groups in total. The fraction of sp³-hybridized carbons (Fsp3) is 0.312. The monoisotopic (exact) mass is 362 g/mol. The molecule has 0 amide bonds. The zero-order valence-corrected chi connectivity index (χ0v) is 15.2. The number of anilines is 2. The molecule has 0 aliphatic carbocycles. The van der Waals surface area contributed by atoms with Crippen molar-refractivity contribution in [3.8, 4) is 0 Å². The van der Waals surface area contributed by atoms with Crippen LogP contribution in [0.1, 0.15) is 37.1 Å². The lowest BCUT2D eigenvalue weighted by molar-refractivity contribution is -0.142. The highest BCUT2D eigenvalue weighted by Crippen LogP contribution is 2.44. The summed E-state index contributed by atoms with van der Waals surface area (Å²) in [5.74, 6) is 0.277. The number of fused-ring (bicyclic) bond motifs is 1. The molecule has 8 heteroatoms. The Labute approximate surface area is 148 Å². The maximum atomic E-state index is 12.7. The second kappa shape index (κ2) is 6.37. The summed E-state index contributed by atoms with van der Waals surface area (Å²) >= 11 is 6.66. The second-order valence-corrected chi connectivity index (χ2v) is 7.15. The van der Waals surface area contributed by atoms with Gasteiger partial charge < -0.3 is 20.8 Å². The Morgan fingerprint density at radius 2 is 2.25 bits per heavy atom. The summed E-state index contributed by atoms with van der Waals surface area (Å²) < 4.78 is 5.74. The van der Waals surface area contributed by atoms with E-state index < -0.39 is 0 Å². The van der Waals surface area contributed by atoms with Crippen LogP contribution < -0.4 is 11.1 Å². The first-order valence-electron chi connectivity index (χ1n) is 7.50. The summed E-state index contributed by atoms with van der Waals surface area (Å²) in [4.78, 5) is 20.9. The van der Waals surface area contributed by atoms with Gasteiger partial charge in [-0.05, 0) is 44.4 Å². The third-order valence-corrected chi connectivity index (χ3v) is 4.81. The molecule has 3 rings (SSSR count). The lowest BCUT2D eigenvalue weighted by Gasteiger charge is -2.29. The minimum atomic E-state index is -0.360.